The molecular formula is C16H28N2. The molecule has 0 saturated carbocycles. The summed E-state index contributed by atoms with van der Waals surface area (Å²) in [6, 6.07) is 6.52. The Hall–Kier alpha value is -0.860. The van der Waals surface area contributed by atoms with Gasteiger partial charge in [-0.3, -0.25) is 4.90 Å². The topological polar surface area (TPSA) is 29.3 Å². The molecule has 0 aliphatic heterocycles. The normalized spacial score (nSPS) is 14.8. The molecule has 1 aromatic carbocycles. The van der Waals surface area contributed by atoms with E-state index in [0.29, 0.717) is 6.54 Å². The molecule has 1 unspecified atom stereocenters. The lowest BCUT2D eigenvalue weighted by Crippen LogP contribution is -2.50. The maximum Gasteiger partial charge on any atom is 0.0304 e. The zero-order valence-electron chi connectivity index (χ0n) is 12.6. The minimum atomic E-state index is 0.101. The van der Waals surface area contributed by atoms with E-state index in [4.69, 9.17) is 5.73 Å². The summed E-state index contributed by atoms with van der Waals surface area (Å²) in [5.74, 6) is 0. The van der Waals surface area contributed by atoms with Gasteiger partial charge in [0.2, 0.25) is 0 Å². The fourth-order valence-electron chi connectivity index (χ4n) is 2.47. The number of nitrogens with zero attached hydrogens (tertiary/aromatic N) is 1. The molecule has 2 nitrogen and oxygen atoms in total. The van der Waals surface area contributed by atoms with Crippen LogP contribution in [0.5, 0.6) is 0 Å². The van der Waals surface area contributed by atoms with Crippen LogP contribution in [0.2, 0.25) is 0 Å². The van der Waals surface area contributed by atoms with Gasteiger partial charge in [-0.2, -0.15) is 0 Å². The summed E-state index contributed by atoms with van der Waals surface area (Å²) < 4.78 is 0. The SMILES string of the molecule is CCN(Cc1c(C)cccc1C)C(C)(CC)CN. The molecule has 0 fully saturated rings. The summed E-state index contributed by atoms with van der Waals surface area (Å²) in [4.78, 5) is 2.50. The molecule has 0 bridgehead atoms. The van der Waals surface area contributed by atoms with Crippen molar-refractivity contribution in [2.45, 2.75) is 53.1 Å². The molecule has 2 N–H and O–H groups in total. The van der Waals surface area contributed by atoms with E-state index in [0.717, 1.165) is 19.5 Å². The lowest BCUT2D eigenvalue weighted by Gasteiger charge is -2.40. The van der Waals surface area contributed by atoms with Gasteiger partial charge in [-0.05, 0) is 50.4 Å². The fraction of sp³-hybridized carbons (Fsp3) is 0.625. The molecule has 102 valence electrons. The van der Waals surface area contributed by atoms with Crippen molar-refractivity contribution in [2.75, 3.05) is 13.1 Å². The van der Waals surface area contributed by atoms with Crippen LogP contribution >= 0.6 is 0 Å². The number of hydrogen-bond acceptors (Lipinski definition) is 2. The maximum absolute atomic E-state index is 5.98. The fourth-order valence-corrected chi connectivity index (χ4v) is 2.47. The molecule has 18 heavy (non-hydrogen) atoms. The van der Waals surface area contributed by atoms with Crippen LogP contribution in [0.25, 0.3) is 0 Å². The molecule has 0 aliphatic carbocycles. The molecule has 0 saturated heterocycles. The van der Waals surface area contributed by atoms with Crippen LogP contribution in [-0.2, 0) is 6.54 Å². The Morgan fingerprint density at radius 1 is 1.17 bits per heavy atom. The molecule has 0 radical (unpaired) electrons. The van der Waals surface area contributed by atoms with Gasteiger partial charge in [-0.15, -0.1) is 0 Å². The van der Waals surface area contributed by atoms with Crippen molar-refractivity contribution in [3.05, 3.63) is 34.9 Å². The molecule has 1 rings (SSSR count). The predicted molar refractivity (Wildman–Crippen MR) is 79.8 cm³/mol. The van der Waals surface area contributed by atoms with Crippen LogP contribution in [0.4, 0.5) is 0 Å². The summed E-state index contributed by atoms with van der Waals surface area (Å²) in [7, 11) is 0. The highest BCUT2D eigenvalue weighted by molar-refractivity contribution is 5.33. The number of nitrogens with two attached hydrogens (primary N) is 1. The van der Waals surface area contributed by atoms with Gasteiger partial charge in [0, 0.05) is 18.6 Å². The predicted octanol–water partition coefficient (Wildman–Crippen LogP) is 3.25. The Bertz CT molecular complexity index is 360. The second kappa shape index (κ2) is 6.35. The highest BCUT2D eigenvalue weighted by atomic mass is 15.2. The summed E-state index contributed by atoms with van der Waals surface area (Å²) in [6.07, 6.45) is 1.09. The summed E-state index contributed by atoms with van der Waals surface area (Å²) in [5.41, 5.74) is 10.3. The van der Waals surface area contributed by atoms with Crippen molar-refractivity contribution >= 4 is 0 Å². The van der Waals surface area contributed by atoms with E-state index in [1.165, 1.54) is 16.7 Å². The molecule has 2 heteroatoms. The van der Waals surface area contributed by atoms with Gasteiger partial charge in [0.25, 0.3) is 0 Å². The van der Waals surface area contributed by atoms with Gasteiger partial charge < -0.3 is 5.73 Å². The monoisotopic (exact) mass is 248 g/mol. The van der Waals surface area contributed by atoms with Crippen molar-refractivity contribution in [2.24, 2.45) is 5.73 Å². The first-order chi connectivity index (χ1) is 8.48. The first kappa shape index (κ1) is 15.2. The van der Waals surface area contributed by atoms with Gasteiger partial charge >= 0.3 is 0 Å². The summed E-state index contributed by atoms with van der Waals surface area (Å²) >= 11 is 0. The van der Waals surface area contributed by atoms with Crippen LogP contribution in [0.1, 0.15) is 43.9 Å². The van der Waals surface area contributed by atoms with Gasteiger partial charge in [0.1, 0.15) is 0 Å². The second-order valence-electron chi connectivity index (χ2n) is 5.44. The molecule has 0 spiro atoms. The average molecular weight is 248 g/mol. The van der Waals surface area contributed by atoms with E-state index >= 15 is 0 Å². The van der Waals surface area contributed by atoms with Crippen LogP contribution in [0, 0.1) is 13.8 Å². The summed E-state index contributed by atoms with van der Waals surface area (Å²) in [6.45, 7) is 13.8. The average Bonchev–Trinajstić information content (AvgIpc) is 2.37. The molecular weight excluding hydrogens is 220 g/mol. The van der Waals surface area contributed by atoms with Gasteiger partial charge in [-0.25, -0.2) is 0 Å². The first-order valence-electron chi connectivity index (χ1n) is 6.98. The van der Waals surface area contributed by atoms with Crippen LogP contribution < -0.4 is 5.73 Å². The molecule has 1 aromatic rings. The minimum absolute atomic E-state index is 0.101. The Balaban J connectivity index is 3.00. The van der Waals surface area contributed by atoms with Crippen LogP contribution in [0.15, 0.2) is 18.2 Å². The van der Waals surface area contributed by atoms with Crippen molar-refractivity contribution in [3.63, 3.8) is 0 Å². The third-order valence-electron chi connectivity index (χ3n) is 4.34. The van der Waals surface area contributed by atoms with Gasteiger partial charge in [0.05, 0.1) is 0 Å². The number of likely N-dealkylation sites (N-methyl/N-ethyl adjacent to an activating group) is 1. The summed E-state index contributed by atoms with van der Waals surface area (Å²) in [5, 5.41) is 0. The van der Waals surface area contributed by atoms with Crippen molar-refractivity contribution in [1.29, 1.82) is 0 Å². The van der Waals surface area contributed by atoms with Gasteiger partial charge in [0.15, 0.2) is 0 Å². The highest BCUT2D eigenvalue weighted by Gasteiger charge is 2.27. The first-order valence-corrected chi connectivity index (χ1v) is 6.98. The third-order valence-corrected chi connectivity index (χ3v) is 4.34. The Morgan fingerprint density at radius 2 is 1.72 bits per heavy atom. The largest absolute Gasteiger partial charge is 0.329 e. The van der Waals surface area contributed by atoms with Crippen LogP contribution in [0.3, 0.4) is 0 Å². The Kier molecular flexibility index (Phi) is 5.36. The minimum Gasteiger partial charge on any atom is -0.329 e. The van der Waals surface area contributed by atoms with E-state index in [1.54, 1.807) is 0 Å². The van der Waals surface area contributed by atoms with E-state index in [1.807, 2.05) is 0 Å². The molecule has 0 aromatic heterocycles. The molecule has 0 aliphatic rings. The standard InChI is InChI=1S/C16H28N2/c1-6-16(5,12-17)18(7-2)11-15-13(3)9-8-10-14(15)4/h8-10H,6-7,11-12,17H2,1-5H3. The maximum atomic E-state index is 5.98. The molecule has 0 amide bonds. The smallest absolute Gasteiger partial charge is 0.0304 e. The number of aryl methyl sites for hydroxylation is 2. The van der Waals surface area contributed by atoms with Crippen LogP contribution in [-0.4, -0.2) is 23.5 Å². The number of benzene rings is 1. The number of rotatable bonds is 6. The van der Waals surface area contributed by atoms with Crippen molar-refractivity contribution in [3.8, 4) is 0 Å². The number of hydrogen-bond donors (Lipinski definition) is 1. The lowest BCUT2D eigenvalue weighted by molar-refractivity contribution is 0.104. The Morgan fingerprint density at radius 3 is 2.11 bits per heavy atom. The third kappa shape index (κ3) is 3.12. The quantitative estimate of drug-likeness (QED) is 0.837. The van der Waals surface area contributed by atoms with E-state index < -0.39 is 0 Å². The Labute approximate surface area is 112 Å². The highest BCUT2D eigenvalue weighted by Crippen LogP contribution is 2.23. The molecule has 1 atom stereocenters. The van der Waals surface area contributed by atoms with E-state index in [2.05, 4.69) is 57.7 Å². The van der Waals surface area contributed by atoms with E-state index in [-0.39, 0.29) is 5.54 Å². The van der Waals surface area contributed by atoms with E-state index in [9.17, 15) is 0 Å². The molecule has 0 heterocycles. The van der Waals surface area contributed by atoms with Gasteiger partial charge in [-0.1, -0.05) is 32.0 Å². The van der Waals surface area contributed by atoms with Crippen molar-refractivity contribution in [1.82, 2.24) is 4.90 Å². The second-order valence-corrected chi connectivity index (χ2v) is 5.44. The zero-order chi connectivity index (χ0) is 13.8. The van der Waals surface area contributed by atoms with Crippen molar-refractivity contribution < 1.29 is 0 Å². The zero-order valence-corrected chi connectivity index (χ0v) is 12.6. The lowest BCUT2D eigenvalue weighted by atomic mass is 9.94.